The zero-order valence-electron chi connectivity index (χ0n) is 18.3. The fourth-order valence-electron chi connectivity index (χ4n) is 3.58. The zero-order valence-corrected chi connectivity index (χ0v) is 19.1. The summed E-state index contributed by atoms with van der Waals surface area (Å²) in [5.74, 6) is -2.26. The van der Waals surface area contributed by atoms with Gasteiger partial charge in [0.05, 0.1) is 12.5 Å². The molecule has 0 fully saturated rings. The van der Waals surface area contributed by atoms with Crippen molar-refractivity contribution in [1.29, 1.82) is 0 Å². The maximum absolute atomic E-state index is 12.9. The van der Waals surface area contributed by atoms with Crippen LogP contribution in [0, 0.1) is 0 Å². The van der Waals surface area contributed by atoms with Crippen LogP contribution in [0.2, 0.25) is 0 Å². The average Bonchev–Trinajstić information content (AvgIpc) is 2.78. The predicted octanol–water partition coefficient (Wildman–Crippen LogP) is 2.27. The van der Waals surface area contributed by atoms with E-state index in [1.54, 1.807) is 6.92 Å². The summed E-state index contributed by atoms with van der Waals surface area (Å²) in [5, 5.41) is 11.0. The van der Waals surface area contributed by atoms with Gasteiger partial charge in [0.15, 0.2) is 0 Å². The SMILES string of the molecule is CC(Cc1cccc2ccccc12)Oc1cc(C(N)=O)ccc1S(=O)(=O)NC(C=O)CC(=O)O. The molecule has 4 N–H and O–H groups in total. The normalized spacial score (nSPS) is 13.2. The van der Waals surface area contributed by atoms with Crippen LogP contribution in [0.15, 0.2) is 65.6 Å². The molecule has 2 atom stereocenters. The average molecular weight is 485 g/mol. The van der Waals surface area contributed by atoms with Crippen LogP contribution in [-0.2, 0) is 26.0 Å². The minimum atomic E-state index is -4.37. The van der Waals surface area contributed by atoms with E-state index >= 15 is 0 Å². The fraction of sp³-hybridized carbons (Fsp3) is 0.208. The quantitative estimate of drug-likeness (QED) is 0.353. The Labute approximate surface area is 196 Å². The number of nitrogens with one attached hydrogen (secondary N) is 1. The summed E-state index contributed by atoms with van der Waals surface area (Å²) in [5.41, 5.74) is 6.36. The number of rotatable bonds is 11. The first-order valence-corrected chi connectivity index (χ1v) is 11.9. The minimum absolute atomic E-state index is 0.0313. The molecule has 9 nitrogen and oxygen atoms in total. The number of sulfonamides is 1. The molecule has 0 aliphatic carbocycles. The first-order chi connectivity index (χ1) is 16.1. The molecule has 10 heteroatoms. The van der Waals surface area contributed by atoms with Gasteiger partial charge in [0.1, 0.15) is 23.0 Å². The molecule has 0 saturated carbocycles. The van der Waals surface area contributed by atoms with Crippen molar-refractivity contribution in [3.8, 4) is 5.75 Å². The summed E-state index contributed by atoms with van der Waals surface area (Å²) in [7, 11) is -4.37. The van der Waals surface area contributed by atoms with Crippen molar-refractivity contribution >= 4 is 39.0 Å². The minimum Gasteiger partial charge on any atom is -0.489 e. The molecule has 3 rings (SSSR count). The third-order valence-corrected chi connectivity index (χ3v) is 6.63. The van der Waals surface area contributed by atoms with Crippen LogP contribution in [-0.4, -0.2) is 43.8 Å². The first-order valence-electron chi connectivity index (χ1n) is 10.4. The van der Waals surface area contributed by atoms with E-state index < -0.39 is 40.5 Å². The third-order valence-electron chi connectivity index (χ3n) is 5.10. The fourth-order valence-corrected chi connectivity index (χ4v) is 4.87. The molecule has 178 valence electrons. The van der Waals surface area contributed by atoms with E-state index in [1.165, 1.54) is 12.1 Å². The molecule has 0 bridgehead atoms. The predicted molar refractivity (Wildman–Crippen MR) is 125 cm³/mol. The second kappa shape index (κ2) is 10.4. The third kappa shape index (κ3) is 5.97. The standard InChI is InChI=1S/C24H24N2O7S/c1-15(11-17-7-4-6-16-5-2-3-8-20(16)17)33-21-12-18(24(25)30)9-10-22(21)34(31,32)26-19(14-27)13-23(28)29/h2-10,12,14-15,19,26H,11,13H2,1H3,(H2,25,30)(H,28,29). The zero-order chi connectivity index (χ0) is 24.9. The lowest BCUT2D eigenvalue weighted by Crippen LogP contribution is -2.38. The van der Waals surface area contributed by atoms with Crippen molar-refractivity contribution in [3.05, 3.63) is 71.8 Å². The number of aldehydes is 1. The highest BCUT2D eigenvalue weighted by Gasteiger charge is 2.26. The highest BCUT2D eigenvalue weighted by atomic mass is 32.2. The number of carbonyl (C=O) groups is 3. The van der Waals surface area contributed by atoms with Crippen LogP contribution in [0.4, 0.5) is 0 Å². The van der Waals surface area contributed by atoms with Gasteiger partial charge in [-0.1, -0.05) is 42.5 Å². The Morgan fingerprint density at radius 2 is 1.82 bits per heavy atom. The Kier molecular flexibility index (Phi) is 7.64. The molecule has 1 amide bonds. The van der Waals surface area contributed by atoms with Gasteiger partial charge in [0.25, 0.3) is 0 Å². The Morgan fingerprint density at radius 3 is 2.50 bits per heavy atom. The van der Waals surface area contributed by atoms with E-state index in [2.05, 4.69) is 4.72 Å². The molecule has 0 aliphatic rings. The van der Waals surface area contributed by atoms with Gasteiger partial charge >= 0.3 is 5.97 Å². The number of primary amides is 1. The van der Waals surface area contributed by atoms with Gasteiger partial charge in [0.2, 0.25) is 15.9 Å². The summed E-state index contributed by atoms with van der Waals surface area (Å²) < 4.78 is 33.9. The highest BCUT2D eigenvalue weighted by molar-refractivity contribution is 7.89. The Balaban J connectivity index is 1.93. The number of ether oxygens (including phenoxy) is 1. The molecule has 0 aliphatic heterocycles. The molecule has 3 aromatic carbocycles. The van der Waals surface area contributed by atoms with Crippen molar-refractivity contribution in [2.24, 2.45) is 5.73 Å². The lowest BCUT2D eigenvalue weighted by molar-refractivity contribution is -0.138. The second-order valence-corrected chi connectivity index (χ2v) is 9.44. The van der Waals surface area contributed by atoms with Gasteiger partial charge in [-0.15, -0.1) is 0 Å². The molecule has 3 aromatic rings. The lowest BCUT2D eigenvalue weighted by atomic mass is 10.0. The van der Waals surface area contributed by atoms with Gasteiger partial charge in [-0.3, -0.25) is 9.59 Å². The summed E-state index contributed by atoms with van der Waals surface area (Å²) in [6.07, 6.45) is -0.600. The van der Waals surface area contributed by atoms with Gasteiger partial charge < -0.3 is 20.4 Å². The maximum Gasteiger partial charge on any atom is 0.305 e. The Hall–Kier alpha value is -3.76. The number of fused-ring (bicyclic) bond motifs is 1. The number of hydrogen-bond donors (Lipinski definition) is 3. The van der Waals surface area contributed by atoms with Crippen LogP contribution in [0.5, 0.6) is 5.75 Å². The molecule has 0 spiro atoms. The molecule has 0 saturated heterocycles. The number of carbonyl (C=O) groups excluding carboxylic acids is 2. The van der Waals surface area contributed by atoms with Crippen molar-refractivity contribution in [2.75, 3.05) is 0 Å². The van der Waals surface area contributed by atoms with E-state index in [1.807, 2.05) is 42.5 Å². The van der Waals surface area contributed by atoms with E-state index in [4.69, 9.17) is 15.6 Å². The van der Waals surface area contributed by atoms with Gasteiger partial charge in [-0.25, -0.2) is 13.1 Å². The van der Waals surface area contributed by atoms with Crippen LogP contribution >= 0.6 is 0 Å². The monoisotopic (exact) mass is 484 g/mol. The lowest BCUT2D eigenvalue weighted by Gasteiger charge is -2.20. The van der Waals surface area contributed by atoms with Crippen LogP contribution in [0.3, 0.4) is 0 Å². The van der Waals surface area contributed by atoms with Crippen LogP contribution in [0.1, 0.15) is 29.3 Å². The summed E-state index contributed by atoms with van der Waals surface area (Å²) in [6, 6.07) is 15.7. The van der Waals surface area contributed by atoms with Crippen molar-refractivity contribution < 1.29 is 32.6 Å². The Bertz CT molecular complexity index is 1330. The number of aliphatic carboxylic acids is 1. The van der Waals surface area contributed by atoms with E-state index in [0.717, 1.165) is 22.4 Å². The Morgan fingerprint density at radius 1 is 1.12 bits per heavy atom. The first kappa shape index (κ1) is 24.9. The number of hydrogen-bond acceptors (Lipinski definition) is 6. The van der Waals surface area contributed by atoms with Gasteiger partial charge in [-0.05, 0) is 41.5 Å². The van der Waals surface area contributed by atoms with Crippen molar-refractivity contribution in [2.45, 2.75) is 36.8 Å². The maximum atomic E-state index is 12.9. The topological polar surface area (TPSA) is 153 Å². The summed E-state index contributed by atoms with van der Waals surface area (Å²) >= 11 is 0. The number of carboxylic acid groups (broad SMARTS) is 1. The van der Waals surface area contributed by atoms with Crippen LogP contribution in [0.25, 0.3) is 10.8 Å². The molecule has 2 unspecified atom stereocenters. The van der Waals surface area contributed by atoms with Crippen LogP contribution < -0.4 is 15.2 Å². The smallest absolute Gasteiger partial charge is 0.305 e. The van der Waals surface area contributed by atoms with Gasteiger partial charge in [0, 0.05) is 12.0 Å². The second-order valence-electron chi connectivity index (χ2n) is 7.76. The summed E-state index contributed by atoms with van der Waals surface area (Å²) in [4.78, 5) is 33.4. The summed E-state index contributed by atoms with van der Waals surface area (Å²) in [6.45, 7) is 1.75. The van der Waals surface area contributed by atoms with Gasteiger partial charge in [-0.2, -0.15) is 0 Å². The number of benzene rings is 3. The van der Waals surface area contributed by atoms with E-state index in [0.29, 0.717) is 6.42 Å². The molecule has 0 heterocycles. The molecule has 0 aromatic heterocycles. The van der Waals surface area contributed by atoms with Crippen molar-refractivity contribution in [3.63, 3.8) is 0 Å². The number of amides is 1. The molecular formula is C24H24N2O7S. The number of nitrogens with two attached hydrogens (primary N) is 1. The molecule has 0 radical (unpaired) electrons. The molecular weight excluding hydrogens is 460 g/mol. The highest BCUT2D eigenvalue weighted by Crippen LogP contribution is 2.28. The largest absolute Gasteiger partial charge is 0.489 e. The van der Waals surface area contributed by atoms with E-state index in [-0.39, 0.29) is 22.5 Å². The molecule has 34 heavy (non-hydrogen) atoms. The number of carboxylic acids is 1. The van der Waals surface area contributed by atoms with Crippen molar-refractivity contribution in [1.82, 2.24) is 4.72 Å². The van der Waals surface area contributed by atoms with E-state index in [9.17, 15) is 22.8 Å².